The Kier molecular flexibility index (Phi) is 5.45. The maximum Gasteiger partial charge on any atom is 0.241 e. The molecule has 1 amide bonds. The van der Waals surface area contributed by atoms with Gasteiger partial charge in [-0.2, -0.15) is 0 Å². The fraction of sp³-hybridized carbons (Fsp3) is 0.550. The number of rotatable bonds is 4. The van der Waals surface area contributed by atoms with Gasteiger partial charge in [0.15, 0.2) is 9.84 Å². The van der Waals surface area contributed by atoms with Crippen LogP contribution >= 0.6 is 15.9 Å². The van der Waals surface area contributed by atoms with Crippen molar-refractivity contribution in [3.8, 4) is 0 Å². The van der Waals surface area contributed by atoms with E-state index in [1.807, 2.05) is 24.3 Å². The van der Waals surface area contributed by atoms with Crippen LogP contribution in [-0.4, -0.2) is 55.9 Å². The number of hydrogen-bond donors (Lipinski definition) is 0. The van der Waals surface area contributed by atoms with Gasteiger partial charge in [0.05, 0.1) is 24.1 Å². The molecule has 2 heterocycles. The third kappa shape index (κ3) is 4.15. The van der Waals surface area contributed by atoms with Gasteiger partial charge < -0.3 is 4.90 Å². The lowest BCUT2D eigenvalue weighted by Crippen LogP contribution is -2.62. The Morgan fingerprint density at radius 1 is 1.07 bits per heavy atom. The number of benzene rings is 1. The molecular weight excluding hydrogens is 428 g/mol. The molecule has 2 unspecified atom stereocenters. The summed E-state index contributed by atoms with van der Waals surface area (Å²) in [6.45, 7) is 1.06. The van der Waals surface area contributed by atoms with E-state index in [0.29, 0.717) is 6.54 Å². The van der Waals surface area contributed by atoms with Gasteiger partial charge in [0.2, 0.25) is 5.91 Å². The van der Waals surface area contributed by atoms with Crippen LogP contribution in [-0.2, 0) is 14.6 Å². The van der Waals surface area contributed by atoms with E-state index in [4.69, 9.17) is 0 Å². The molecule has 1 aromatic rings. The molecule has 0 saturated carbocycles. The predicted molar refractivity (Wildman–Crippen MR) is 111 cm³/mol. The summed E-state index contributed by atoms with van der Waals surface area (Å²) < 4.78 is 25.7. The third-order valence-electron chi connectivity index (χ3n) is 5.91. The number of halogens is 1. The smallest absolute Gasteiger partial charge is 0.241 e. The highest BCUT2D eigenvalue weighted by Gasteiger charge is 2.49. The van der Waals surface area contributed by atoms with Gasteiger partial charge in [-0.05, 0) is 56.4 Å². The van der Waals surface area contributed by atoms with Gasteiger partial charge in [-0.3, -0.25) is 9.69 Å². The van der Waals surface area contributed by atoms with Crippen molar-refractivity contribution in [2.45, 2.75) is 44.2 Å². The first-order chi connectivity index (χ1) is 12.9. The molecule has 1 aliphatic carbocycles. The number of anilines is 1. The first kappa shape index (κ1) is 19.2. The minimum Gasteiger partial charge on any atom is -0.306 e. The Bertz CT molecular complexity index is 850. The Hall–Kier alpha value is -1.18. The molecule has 146 valence electrons. The van der Waals surface area contributed by atoms with Crippen LogP contribution in [0.25, 0.3) is 0 Å². The summed E-state index contributed by atoms with van der Waals surface area (Å²) in [6.07, 6.45) is 8.05. The van der Waals surface area contributed by atoms with E-state index in [1.165, 1.54) is 18.4 Å². The van der Waals surface area contributed by atoms with Crippen LogP contribution in [0.5, 0.6) is 0 Å². The molecule has 4 rings (SSSR count). The molecular formula is C20H25BrN2O3S. The molecule has 3 aliphatic rings. The Labute approximate surface area is 169 Å². The predicted octanol–water partition coefficient (Wildman–Crippen LogP) is 3.15. The molecule has 2 fully saturated rings. The van der Waals surface area contributed by atoms with Crippen LogP contribution in [0.2, 0.25) is 0 Å². The molecule has 0 radical (unpaired) electrons. The van der Waals surface area contributed by atoms with Crippen LogP contribution in [0.3, 0.4) is 0 Å². The first-order valence-electron chi connectivity index (χ1n) is 9.63. The summed E-state index contributed by atoms with van der Waals surface area (Å²) in [6, 6.07) is 7.14. The number of sulfone groups is 1. The summed E-state index contributed by atoms with van der Waals surface area (Å²) in [5.41, 5.74) is 2.24. The van der Waals surface area contributed by atoms with E-state index in [1.54, 1.807) is 4.90 Å². The van der Waals surface area contributed by atoms with Gasteiger partial charge in [-0.1, -0.05) is 27.6 Å². The molecule has 0 aromatic heterocycles. The standard InChI is InChI=1S/C20H25BrN2O3S/c21-16-6-8-17(9-7-16)23-19-14-27(25,26)13-18(19)22(12-20(23)24)11-10-15-4-2-1-3-5-15/h4,6-9,18-19H,1-3,5,10-14H2. The monoisotopic (exact) mass is 452 g/mol. The van der Waals surface area contributed by atoms with E-state index >= 15 is 0 Å². The molecule has 0 bridgehead atoms. The highest BCUT2D eigenvalue weighted by molar-refractivity contribution is 9.10. The lowest BCUT2D eigenvalue weighted by atomic mass is 9.96. The molecule has 0 N–H and O–H groups in total. The quantitative estimate of drug-likeness (QED) is 0.658. The fourth-order valence-electron chi connectivity index (χ4n) is 4.56. The largest absolute Gasteiger partial charge is 0.306 e. The van der Waals surface area contributed by atoms with Crippen LogP contribution < -0.4 is 4.90 Å². The molecule has 27 heavy (non-hydrogen) atoms. The van der Waals surface area contributed by atoms with Crippen molar-refractivity contribution in [1.29, 1.82) is 0 Å². The van der Waals surface area contributed by atoms with E-state index in [9.17, 15) is 13.2 Å². The average molecular weight is 453 g/mol. The van der Waals surface area contributed by atoms with Gasteiger partial charge in [-0.15, -0.1) is 0 Å². The van der Waals surface area contributed by atoms with Crippen molar-refractivity contribution in [3.05, 3.63) is 40.4 Å². The minimum atomic E-state index is -3.14. The zero-order chi connectivity index (χ0) is 19.0. The van der Waals surface area contributed by atoms with Gasteiger partial charge >= 0.3 is 0 Å². The van der Waals surface area contributed by atoms with Crippen LogP contribution in [0, 0.1) is 0 Å². The summed E-state index contributed by atoms with van der Waals surface area (Å²) in [4.78, 5) is 16.8. The van der Waals surface area contributed by atoms with Gasteiger partial charge in [0.1, 0.15) is 0 Å². The van der Waals surface area contributed by atoms with Crippen LogP contribution in [0.4, 0.5) is 5.69 Å². The van der Waals surface area contributed by atoms with E-state index < -0.39 is 9.84 Å². The number of carbonyl (C=O) groups is 1. The Morgan fingerprint density at radius 3 is 2.52 bits per heavy atom. The summed E-state index contributed by atoms with van der Waals surface area (Å²) in [5, 5.41) is 0. The van der Waals surface area contributed by atoms with E-state index in [0.717, 1.165) is 36.0 Å². The summed E-state index contributed by atoms with van der Waals surface area (Å²) in [7, 11) is -3.14. The topological polar surface area (TPSA) is 57.7 Å². The number of nitrogens with zero attached hydrogens (tertiary/aromatic N) is 2. The number of hydrogen-bond acceptors (Lipinski definition) is 4. The van der Waals surface area contributed by atoms with Crippen LogP contribution in [0.1, 0.15) is 32.1 Å². The van der Waals surface area contributed by atoms with Gasteiger partial charge in [0.25, 0.3) is 0 Å². The zero-order valence-electron chi connectivity index (χ0n) is 15.3. The second kappa shape index (κ2) is 7.68. The number of allylic oxidation sites excluding steroid dienone is 1. The fourth-order valence-corrected chi connectivity index (χ4v) is 6.80. The van der Waals surface area contributed by atoms with Crippen molar-refractivity contribution in [1.82, 2.24) is 4.90 Å². The number of amides is 1. The molecule has 2 atom stereocenters. The van der Waals surface area contributed by atoms with Crippen molar-refractivity contribution >= 4 is 37.4 Å². The Balaban J connectivity index is 1.56. The second-order valence-corrected chi connectivity index (χ2v) is 10.8. The van der Waals surface area contributed by atoms with Gasteiger partial charge in [0, 0.05) is 22.7 Å². The van der Waals surface area contributed by atoms with E-state index in [2.05, 4.69) is 26.9 Å². The highest BCUT2D eigenvalue weighted by atomic mass is 79.9. The molecule has 2 saturated heterocycles. The third-order valence-corrected chi connectivity index (χ3v) is 8.14. The highest BCUT2D eigenvalue weighted by Crippen LogP contribution is 2.33. The lowest BCUT2D eigenvalue weighted by molar-refractivity contribution is -0.123. The van der Waals surface area contributed by atoms with Gasteiger partial charge in [-0.25, -0.2) is 8.42 Å². The van der Waals surface area contributed by atoms with Crippen LogP contribution in [0.15, 0.2) is 40.4 Å². The molecule has 1 aromatic carbocycles. The normalized spacial score (nSPS) is 28.1. The zero-order valence-corrected chi connectivity index (χ0v) is 17.7. The number of piperazine rings is 1. The summed E-state index contributed by atoms with van der Waals surface area (Å²) >= 11 is 3.41. The lowest BCUT2D eigenvalue weighted by Gasteiger charge is -2.43. The van der Waals surface area contributed by atoms with Crippen molar-refractivity contribution in [2.24, 2.45) is 0 Å². The molecule has 7 heteroatoms. The van der Waals surface area contributed by atoms with Crippen molar-refractivity contribution in [2.75, 3.05) is 29.5 Å². The maximum atomic E-state index is 13.0. The molecule has 0 spiro atoms. The maximum absolute atomic E-state index is 13.0. The molecule has 2 aliphatic heterocycles. The second-order valence-electron chi connectivity index (χ2n) is 7.78. The van der Waals surface area contributed by atoms with Crippen molar-refractivity contribution < 1.29 is 13.2 Å². The average Bonchev–Trinajstić information content (AvgIpc) is 2.97. The van der Waals surface area contributed by atoms with Crippen molar-refractivity contribution in [3.63, 3.8) is 0 Å². The summed E-state index contributed by atoms with van der Waals surface area (Å²) in [5.74, 6) is 0.198. The number of carbonyl (C=O) groups excluding carboxylic acids is 1. The SMILES string of the molecule is O=C1CN(CCC2=CCCCC2)C2CS(=O)(=O)CC2N1c1ccc(Br)cc1. The minimum absolute atomic E-state index is 0.00621. The first-order valence-corrected chi connectivity index (χ1v) is 12.2. The Morgan fingerprint density at radius 2 is 1.81 bits per heavy atom. The van der Waals surface area contributed by atoms with E-state index in [-0.39, 0.29) is 29.5 Å². The number of fused-ring (bicyclic) bond motifs is 1. The molecule has 5 nitrogen and oxygen atoms in total.